The molecule has 1 aliphatic heterocycles. The second-order valence-electron chi connectivity index (χ2n) is 10.2. The van der Waals surface area contributed by atoms with Gasteiger partial charge in [0.25, 0.3) is 8.32 Å². The van der Waals surface area contributed by atoms with Crippen molar-refractivity contribution in [2.45, 2.75) is 51.4 Å². The summed E-state index contributed by atoms with van der Waals surface area (Å²) in [6, 6.07) is 22.6. The fourth-order valence-corrected chi connectivity index (χ4v) is 9.50. The van der Waals surface area contributed by atoms with Gasteiger partial charge in [0.2, 0.25) is 5.91 Å². The average Bonchev–Trinajstić information content (AvgIpc) is 3.20. The summed E-state index contributed by atoms with van der Waals surface area (Å²) in [6.07, 6.45) is 1.66. The van der Waals surface area contributed by atoms with Gasteiger partial charge in [-0.3, -0.25) is 14.2 Å². The molecule has 0 saturated carbocycles. The highest BCUT2D eigenvalue weighted by Gasteiger charge is 2.51. The van der Waals surface area contributed by atoms with E-state index >= 15 is 0 Å². The fraction of sp³-hybridized carbons (Fsp3) is 0.370. The van der Waals surface area contributed by atoms with Crippen molar-refractivity contribution >= 4 is 30.4 Å². The summed E-state index contributed by atoms with van der Waals surface area (Å²) in [7, 11) is -0.821. The minimum atomic E-state index is -2.69. The number of rotatable bonds is 7. The number of likely N-dealkylation sites (N-methyl/N-ethyl adjacent to an activating group) is 1. The summed E-state index contributed by atoms with van der Waals surface area (Å²) in [5.74, 6) is -0.0567. The maximum Gasteiger partial charge on any atom is 0.351 e. The third kappa shape index (κ3) is 5.19. The average molecular weight is 507 g/mol. The zero-order valence-corrected chi connectivity index (χ0v) is 22.5. The van der Waals surface area contributed by atoms with Crippen LogP contribution in [0.2, 0.25) is 5.04 Å². The minimum absolute atomic E-state index is 0.0569. The van der Waals surface area contributed by atoms with Gasteiger partial charge in [0.05, 0.1) is 12.6 Å². The van der Waals surface area contributed by atoms with Crippen molar-refractivity contribution in [2.75, 3.05) is 19.0 Å². The number of hydroxylamine groups is 2. The van der Waals surface area contributed by atoms with Crippen LogP contribution in [0.25, 0.3) is 0 Å². The number of carbonyl (C=O) groups is 1. The highest BCUT2D eigenvalue weighted by Crippen LogP contribution is 2.38. The monoisotopic (exact) mass is 506 g/mol. The molecule has 3 aromatic rings. The Morgan fingerprint density at radius 3 is 2.17 bits per heavy atom. The molecule has 2 atom stereocenters. The Hall–Kier alpha value is -3.11. The van der Waals surface area contributed by atoms with E-state index in [1.807, 2.05) is 19.2 Å². The van der Waals surface area contributed by atoms with Gasteiger partial charge < -0.3 is 9.74 Å². The number of benzene rings is 2. The molecule has 4 rings (SSSR count). The number of nitrogens with zero attached hydrogens (tertiary/aromatic N) is 3. The molecule has 2 heterocycles. The quantitative estimate of drug-likeness (QED) is 0.496. The van der Waals surface area contributed by atoms with Crippen LogP contribution in [0.3, 0.4) is 0 Å². The first-order valence-electron chi connectivity index (χ1n) is 12.1. The maximum atomic E-state index is 12.6. The summed E-state index contributed by atoms with van der Waals surface area (Å²) >= 11 is 0. The Kier molecular flexibility index (Phi) is 7.56. The topological polar surface area (TPSA) is 85.7 Å². The number of hydrogen-bond donors (Lipinski definition) is 1. The molecule has 0 spiro atoms. The summed E-state index contributed by atoms with van der Waals surface area (Å²) in [5, 5.41) is 6.61. The van der Waals surface area contributed by atoms with Crippen LogP contribution >= 0.6 is 0 Å². The van der Waals surface area contributed by atoms with Crippen LogP contribution in [0.5, 0.6) is 0 Å². The molecule has 9 heteroatoms. The van der Waals surface area contributed by atoms with Gasteiger partial charge in [-0.25, -0.2) is 4.79 Å². The first-order valence-corrected chi connectivity index (χ1v) is 14.0. The van der Waals surface area contributed by atoms with E-state index in [0.29, 0.717) is 13.0 Å². The summed E-state index contributed by atoms with van der Waals surface area (Å²) in [6.45, 7) is 8.57. The molecule has 1 N–H and O–H groups in total. The molecule has 0 aliphatic carbocycles. The Morgan fingerprint density at radius 2 is 1.67 bits per heavy atom. The summed E-state index contributed by atoms with van der Waals surface area (Å²) < 4.78 is 8.51. The SMILES string of the molecule is CC(=O)Nc1ccn([C@H]2C[C@@H](CO[Si](c3ccccc3)(c3ccccc3)C(C)(C)C)N(C)O2)c(=O)n1. The van der Waals surface area contributed by atoms with E-state index < -0.39 is 20.2 Å². The van der Waals surface area contributed by atoms with Crippen LogP contribution in [0.1, 0.15) is 40.3 Å². The number of aromatic nitrogens is 2. The van der Waals surface area contributed by atoms with Crippen LogP contribution in [0, 0.1) is 0 Å². The molecule has 2 aromatic carbocycles. The van der Waals surface area contributed by atoms with Crippen molar-refractivity contribution in [3.8, 4) is 0 Å². The lowest BCUT2D eigenvalue weighted by Crippen LogP contribution is -2.67. The molecule has 1 aromatic heterocycles. The molecule has 0 unspecified atom stereocenters. The van der Waals surface area contributed by atoms with Gasteiger partial charge >= 0.3 is 5.69 Å². The van der Waals surface area contributed by atoms with Crippen molar-refractivity contribution < 1.29 is 14.1 Å². The van der Waals surface area contributed by atoms with E-state index in [0.717, 1.165) is 0 Å². The van der Waals surface area contributed by atoms with Crippen molar-refractivity contribution in [3.63, 3.8) is 0 Å². The zero-order valence-electron chi connectivity index (χ0n) is 21.5. The highest BCUT2D eigenvalue weighted by atomic mass is 28.4. The number of hydrogen-bond acceptors (Lipinski definition) is 6. The lowest BCUT2D eigenvalue weighted by molar-refractivity contribution is -0.169. The van der Waals surface area contributed by atoms with Crippen LogP contribution in [-0.4, -0.2) is 48.5 Å². The molecule has 1 amide bonds. The molecule has 0 radical (unpaired) electrons. The Labute approximate surface area is 213 Å². The number of carbonyl (C=O) groups excluding carboxylic acids is 1. The van der Waals surface area contributed by atoms with Crippen LogP contribution < -0.4 is 21.4 Å². The number of amides is 1. The van der Waals surface area contributed by atoms with E-state index in [2.05, 4.69) is 79.6 Å². The molecule has 1 fully saturated rings. The summed E-state index contributed by atoms with van der Waals surface area (Å²) in [4.78, 5) is 33.9. The lowest BCUT2D eigenvalue weighted by Gasteiger charge is -2.43. The maximum absolute atomic E-state index is 12.6. The minimum Gasteiger partial charge on any atom is -0.406 e. The second kappa shape index (κ2) is 10.5. The van der Waals surface area contributed by atoms with E-state index in [1.165, 1.54) is 21.9 Å². The predicted molar refractivity (Wildman–Crippen MR) is 143 cm³/mol. The Morgan fingerprint density at radius 1 is 1.08 bits per heavy atom. The molecule has 1 aliphatic rings. The molecular formula is C27H34N4O4Si. The van der Waals surface area contributed by atoms with Gasteiger partial charge in [-0.05, 0) is 21.5 Å². The van der Waals surface area contributed by atoms with Crippen molar-refractivity contribution in [2.24, 2.45) is 0 Å². The standard InChI is InChI=1S/C27H34N4O4Si/c1-20(32)28-24-16-17-31(26(33)29-24)25-18-21(30(5)35-25)19-34-36(27(2,3)4,22-12-8-6-9-13-22)23-14-10-7-11-15-23/h6-17,21,25H,18-19H2,1-5H3,(H,28,29,32,33)/t21-,25+/m0/s1. The van der Waals surface area contributed by atoms with E-state index in [-0.39, 0.29) is 22.8 Å². The van der Waals surface area contributed by atoms with Crippen LogP contribution in [0.4, 0.5) is 5.82 Å². The number of nitrogens with one attached hydrogen (secondary N) is 1. The van der Waals surface area contributed by atoms with Gasteiger partial charge in [-0.15, -0.1) is 0 Å². The van der Waals surface area contributed by atoms with Gasteiger partial charge in [-0.1, -0.05) is 81.4 Å². The van der Waals surface area contributed by atoms with Gasteiger partial charge in [-0.2, -0.15) is 10.0 Å². The Balaban J connectivity index is 1.60. The first-order chi connectivity index (χ1) is 17.1. The van der Waals surface area contributed by atoms with Gasteiger partial charge in [0.15, 0.2) is 6.23 Å². The predicted octanol–water partition coefficient (Wildman–Crippen LogP) is 2.91. The molecule has 190 valence electrons. The van der Waals surface area contributed by atoms with Crippen molar-refractivity contribution in [3.05, 3.63) is 83.4 Å². The molecular weight excluding hydrogens is 472 g/mol. The third-order valence-electron chi connectivity index (χ3n) is 6.63. The lowest BCUT2D eigenvalue weighted by atomic mass is 10.2. The third-order valence-corrected chi connectivity index (χ3v) is 11.6. The van der Waals surface area contributed by atoms with Crippen LogP contribution in [0.15, 0.2) is 77.7 Å². The summed E-state index contributed by atoms with van der Waals surface area (Å²) in [5.41, 5.74) is -0.479. The van der Waals surface area contributed by atoms with Gasteiger partial charge in [0, 0.05) is 26.6 Å². The molecule has 8 nitrogen and oxygen atoms in total. The molecule has 0 bridgehead atoms. The van der Waals surface area contributed by atoms with Crippen molar-refractivity contribution in [1.29, 1.82) is 0 Å². The van der Waals surface area contributed by atoms with E-state index in [1.54, 1.807) is 17.3 Å². The van der Waals surface area contributed by atoms with Gasteiger partial charge in [0.1, 0.15) is 5.82 Å². The highest BCUT2D eigenvalue weighted by molar-refractivity contribution is 6.99. The first kappa shape index (κ1) is 26.0. The van der Waals surface area contributed by atoms with E-state index in [9.17, 15) is 9.59 Å². The smallest absolute Gasteiger partial charge is 0.351 e. The second-order valence-corrected chi connectivity index (χ2v) is 14.5. The Bertz CT molecular complexity index is 1200. The zero-order chi connectivity index (χ0) is 25.9. The molecule has 1 saturated heterocycles. The van der Waals surface area contributed by atoms with E-state index in [4.69, 9.17) is 9.26 Å². The number of anilines is 1. The molecule has 36 heavy (non-hydrogen) atoms. The van der Waals surface area contributed by atoms with Crippen LogP contribution in [-0.2, 0) is 14.1 Å². The van der Waals surface area contributed by atoms with Crippen molar-refractivity contribution in [1.82, 2.24) is 14.6 Å². The normalized spacial score (nSPS) is 18.8. The fourth-order valence-electron chi connectivity index (χ4n) is 4.90. The largest absolute Gasteiger partial charge is 0.406 e.